The Bertz CT molecular complexity index is 1070. The van der Waals surface area contributed by atoms with Crippen molar-refractivity contribution >= 4 is 33.4 Å². The molecule has 2 amide bonds. The van der Waals surface area contributed by atoms with Crippen molar-refractivity contribution in [2.75, 3.05) is 11.9 Å². The standard InChI is InChI=1S/C23H19BrFN3O2/c1-2-11-28(15-18-12-19(24)8-9-21(18)25)23(30)16-5-3-7-20(13-16)27-22(29)17-6-4-10-26-14-17/h2-10,12-14H,1,11,15H2,(H,27,29). The fourth-order valence-electron chi connectivity index (χ4n) is 2.86. The molecular weight excluding hydrogens is 449 g/mol. The van der Waals surface area contributed by atoms with Gasteiger partial charge in [-0.3, -0.25) is 14.6 Å². The summed E-state index contributed by atoms with van der Waals surface area (Å²) in [5, 5.41) is 2.75. The van der Waals surface area contributed by atoms with E-state index in [-0.39, 0.29) is 24.9 Å². The molecule has 30 heavy (non-hydrogen) atoms. The average molecular weight is 468 g/mol. The number of carbonyl (C=O) groups excluding carboxylic acids is 2. The van der Waals surface area contributed by atoms with Gasteiger partial charge in [0.05, 0.1) is 5.56 Å². The highest BCUT2D eigenvalue weighted by Gasteiger charge is 2.18. The number of anilines is 1. The van der Waals surface area contributed by atoms with E-state index in [2.05, 4.69) is 32.8 Å². The molecule has 1 N–H and O–H groups in total. The molecule has 0 unspecified atom stereocenters. The second-order valence-electron chi connectivity index (χ2n) is 6.49. The molecule has 0 saturated heterocycles. The average Bonchev–Trinajstić information content (AvgIpc) is 2.76. The van der Waals surface area contributed by atoms with Gasteiger partial charge >= 0.3 is 0 Å². The quantitative estimate of drug-likeness (QED) is 0.493. The van der Waals surface area contributed by atoms with E-state index in [9.17, 15) is 14.0 Å². The van der Waals surface area contributed by atoms with Gasteiger partial charge in [-0.25, -0.2) is 4.39 Å². The molecule has 152 valence electrons. The van der Waals surface area contributed by atoms with E-state index in [0.29, 0.717) is 22.4 Å². The first-order valence-electron chi connectivity index (χ1n) is 9.13. The lowest BCUT2D eigenvalue weighted by Crippen LogP contribution is -2.31. The number of aromatic nitrogens is 1. The fraction of sp³-hybridized carbons (Fsp3) is 0.0870. The second-order valence-corrected chi connectivity index (χ2v) is 7.40. The molecule has 3 rings (SSSR count). The van der Waals surface area contributed by atoms with Crippen LogP contribution in [0.5, 0.6) is 0 Å². The van der Waals surface area contributed by atoms with Crippen molar-refractivity contribution in [2.45, 2.75) is 6.54 Å². The normalized spacial score (nSPS) is 10.3. The number of amides is 2. The van der Waals surface area contributed by atoms with Crippen molar-refractivity contribution in [2.24, 2.45) is 0 Å². The highest BCUT2D eigenvalue weighted by atomic mass is 79.9. The zero-order chi connectivity index (χ0) is 21.5. The summed E-state index contributed by atoms with van der Waals surface area (Å²) >= 11 is 3.32. The first-order valence-corrected chi connectivity index (χ1v) is 9.93. The van der Waals surface area contributed by atoms with Crippen LogP contribution < -0.4 is 5.32 Å². The van der Waals surface area contributed by atoms with Crippen molar-refractivity contribution in [1.82, 2.24) is 9.88 Å². The maximum absolute atomic E-state index is 14.2. The molecule has 5 nitrogen and oxygen atoms in total. The molecule has 1 heterocycles. The third kappa shape index (κ3) is 5.39. The summed E-state index contributed by atoms with van der Waals surface area (Å²) in [6, 6.07) is 14.5. The number of hydrogen-bond acceptors (Lipinski definition) is 3. The summed E-state index contributed by atoms with van der Waals surface area (Å²) in [5.41, 5.74) is 1.64. The maximum atomic E-state index is 14.2. The molecular formula is C23H19BrFN3O2. The first kappa shape index (κ1) is 21.4. The molecule has 0 bridgehead atoms. The highest BCUT2D eigenvalue weighted by Crippen LogP contribution is 2.20. The van der Waals surface area contributed by atoms with Gasteiger partial charge in [0.1, 0.15) is 5.82 Å². The van der Waals surface area contributed by atoms with Crippen molar-refractivity contribution in [3.8, 4) is 0 Å². The van der Waals surface area contributed by atoms with E-state index in [1.54, 1.807) is 60.8 Å². The smallest absolute Gasteiger partial charge is 0.257 e. The van der Waals surface area contributed by atoms with Gasteiger partial charge in [-0.2, -0.15) is 0 Å². The van der Waals surface area contributed by atoms with Crippen LogP contribution in [0.15, 0.2) is 84.1 Å². The minimum atomic E-state index is -0.391. The molecule has 2 aromatic carbocycles. The van der Waals surface area contributed by atoms with E-state index < -0.39 is 5.82 Å². The van der Waals surface area contributed by atoms with Crippen LogP contribution in [0.3, 0.4) is 0 Å². The Morgan fingerprint density at radius 2 is 1.93 bits per heavy atom. The Balaban J connectivity index is 1.80. The van der Waals surface area contributed by atoms with Crippen LogP contribution in [0.1, 0.15) is 26.3 Å². The number of rotatable bonds is 7. The van der Waals surface area contributed by atoms with E-state index >= 15 is 0 Å². The van der Waals surface area contributed by atoms with Crippen LogP contribution in [0.25, 0.3) is 0 Å². The van der Waals surface area contributed by atoms with Gasteiger partial charge < -0.3 is 10.2 Å². The Hall–Kier alpha value is -3.32. The minimum Gasteiger partial charge on any atom is -0.330 e. The fourth-order valence-corrected chi connectivity index (χ4v) is 3.27. The topological polar surface area (TPSA) is 62.3 Å². The lowest BCUT2D eigenvalue weighted by molar-refractivity contribution is 0.0761. The number of nitrogens with zero attached hydrogens (tertiary/aromatic N) is 2. The van der Waals surface area contributed by atoms with Crippen LogP contribution in [0.4, 0.5) is 10.1 Å². The molecule has 0 saturated carbocycles. The molecule has 0 fully saturated rings. The summed E-state index contributed by atoms with van der Waals surface area (Å²) < 4.78 is 14.9. The van der Waals surface area contributed by atoms with Gasteiger partial charge in [-0.1, -0.05) is 28.1 Å². The van der Waals surface area contributed by atoms with E-state index in [1.165, 1.54) is 17.2 Å². The maximum Gasteiger partial charge on any atom is 0.257 e. The SMILES string of the molecule is C=CCN(Cc1cc(Br)ccc1F)C(=O)c1cccc(NC(=O)c2cccnc2)c1. The zero-order valence-corrected chi connectivity index (χ0v) is 17.6. The first-order chi connectivity index (χ1) is 14.5. The van der Waals surface area contributed by atoms with Crippen molar-refractivity contribution in [1.29, 1.82) is 0 Å². The number of carbonyl (C=O) groups is 2. The van der Waals surface area contributed by atoms with Gasteiger partial charge in [0.25, 0.3) is 11.8 Å². The molecule has 1 aromatic heterocycles. The molecule has 0 aliphatic carbocycles. The van der Waals surface area contributed by atoms with Crippen molar-refractivity contribution < 1.29 is 14.0 Å². The predicted molar refractivity (Wildman–Crippen MR) is 118 cm³/mol. The Morgan fingerprint density at radius 3 is 2.67 bits per heavy atom. The van der Waals surface area contributed by atoms with E-state index in [4.69, 9.17) is 0 Å². The van der Waals surface area contributed by atoms with Gasteiger partial charge in [-0.15, -0.1) is 6.58 Å². The number of halogens is 2. The molecule has 7 heteroatoms. The number of nitrogens with one attached hydrogen (secondary N) is 1. The van der Waals surface area contributed by atoms with Gasteiger partial charge in [0, 0.05) is 46.8 Å². The summed E-state index contributed by atoms with van der Waals surface area (Å²) in [4.78, 5) is 30.8. The van der Waals surface area contributed by atoms with Crippen molar-refractivity contribution in [3.05, 3.63) is 107 Å². The van der Waals surface area contributed by atoms with Gasteiger partial charge in [0.2, 0.25) is 0 Å². The zero-order valence-electron chi connectivity index (χ0n) is 16.0. The lowest BCUT2D eigenvalue weighted by Gasteiger charge is -2.22. The van der Waals surface area contributed by atoms with Crippen LogP contribution in [0, 0.1) is 5.82 Å². The number of benzene rings is 2. The molecule has 0 radical (unpaired) electrons. The third-order valence-corrected chi connectivity index (χ3v) is 4.79. The molecule has 3 aromatic rings. The Kier molecular flexibility index (Phi) is 7.08. The third-order valence-electron chi connectivity index (χ3n) is 4.30. The summed E-state index contributed by atoms with van der Waals surface area (Å²) in [6.45, 7) is 4.02. The number of pyridine rings is 1. The minimum absolute atomic E-state index is 0.0857. The molecule has 0 aliphatic rings. The second kappa shape index (κ2) is 9.93. The van der Waals surface area contributed by atoms with Gasteiger partial charge in [-0.05, 0) is 48.5 Å². The Morgan fingerprint density at radius 1 is 1.13 bits per heavy atom. The summed E-state index contributed by atoms with van der Waals surface area (Å²) in [6.07, 6.45) is 4.63. The number of hydrogen-bond donors (Lipinski definition) is 1. The predicted octanol–water partition coefficient (Wildman–Crippen LogP) is 5.06. The highest BCUT2D eigenvalue weighted by molar-refractivity contribution is 9.10. The van der Waals surface area contributed by atoms with E-state index in [1.807, 2.05) is 0 Å². The van der Waals surface area contributed by atoms with Crippen molar-refractivity contribution in [3.63, 3.8) is 0 Å². The monoisotopic (exact) mass is 467 g/mol. The van der Waals surface area contributed by atoms with Crippen LogP contribution >= 0.6 is 15.9 Å². The Labute approximate surface area is 182 Å². The lowest BCUT2D eigenvalue weighted by atomic mass is 10.1. The summed E-state index contributed by atoms with van der Waals surface area (Å²) in [5.74, 6) is -1.02. The molecule has 0 aliphatic heterocycles. The largest absolute Gasteiger partial charge is 0.330 e. The van der Waals surface area contributed by atoms with Crippen LogP contribution in [-0.4, -0.2) is 28.2 Å². The molecule has 0 spiro atoms. The van der Waals surface area contributed by atoms with E-state index in [0.717, 1.165) is 4.47 Å². The molecule has 0 atom stereocenters. The summed E-state index contributed by atoms with van der Waals surface area (Å²) in [7, 11) is 0. The van der Waals surface area contributed by atoms with Crippen LogP contribution in [-0.2, 0) is 6.54 Å². The van der Waals surface area contributed by atoms with Crippen LogP contribution in [0.2, 0.25) is 0 Å². The van der Waals surface area contributed by atoms with Gasteiger partial charge in [0.15, 0.2) is 0 Å².